The van der Waals surface area contributed by atoms with Crippen molar-refractivity contribution >= 4 is 18.4 Å². The van der Waals surface area contributed by atoms with Gasteiger partial charge in [-0.25, -0.2) is 0 Å². The van der Waals surface area contributed by atoms with Crippen molar-refractivity contribution < 1.29 is 14.6 Å². The fourth-order valence-corrected chi connectivity index (χ4v) is 1.25. The summed E-state index contributed by atoms with van der Waals surface area (Å²) in [7, 11) is 0. The Hall–Kier alpha value is -0.320. The minimum Gasteiger partial charge on any atom is -0.480 e. The van der Waals surface area contributed by atoms with Crippen LogP contribution in [0.3, 0.4) is 0 Å². The van der Waals surface area contributed by atoms with Crippen molar-refractivity contribution in [2.45, 2.75) is 25.5 Å². The molecule has 1 aliphatic heterocycles. The molecule has 5 heteroatoms. The molecule has 0 spiro atoms. The fourth-order valence-electron chi connectivity index (χ4n) is 1.25. The number of hydrogen-bond donors (Lipinski definition) is 2. The van der Waals surface area contributed by atoms with E-state index in [9.17, 15) is 4.79 Å². The number of ether oxygens (including phenoxy) is 1. The van der Waals surface area contributed by atoms with Crippen molar-refractivity contribution in [3.05, 3.63) is 0 Å². The molecule has 2 atom stereocenters. The van der Waals surface area contributed by atoms with Gasteiger partial charge in [0, 0.05) is 19.6 Å². The van der Waals surface area contributed by atoms with Crippen molar-refractivity contribution in [3.63, 3.8) is 0 Å². The molecule has 0 aromatic heterocycles. The third-order valence-electron chi connectivity index (χ3n) is 1.79. The predicted octanol–water partition coefficient (Wildman–Crippen LogP) is 0.260. The summed E-state index contributed by atoms with van der Waals surface area (Å²) < 4.78 is 5.26. The first kappa shape index (κ1) is 11.7. The maximum Gasteiger partial charge on any atom is 0.320 e. The zero-order valence-electron chi connectivity index (χ0n) is 6.95. The average molecular weight is 196 g/mol. The predicted molar refractivity (Wildman–Crippen MR) is 46.7 cm³/mol. The van der Waals surface area contributed by atoms with Gasteiger partial charge in [0.2, 0.25) is 0 Å². The molecule has 1 aliphatic rings. The molecule has 0 amide bonds. The Labute approximate surface area is 77.7 Å². The molecule has 1 saturated heterocycles. The van der Waals surface area contributed by atoms with Gasteiger partial charge in [-0.1, -0.05) is 0 Å². The Balaban J connectivity index is 0.00000121. The van der Waals surface area contributed by atoms with Crippen LogP contribution >= 0.6 is 12.4 Å². The largest absolute Gasteiger partial charge is 0.480 e. The van der Waals surface area contributed by atoms with E-state index in [-0.39, 0.29) is 18.5 Å². The molecule has 0 aromatic rings. The van der Waals surface area contributed by atoms with Crippen LogP contribution in [0.4, 0.5) is 0 Å². The van der Waals surface area contributed by atoms with Gasteiger partial charge >= 0.3 is 5.97 Å². The Morgan fingerprint density at radius 3 is 2.83 bits per heavy atom. The highest BCUT2D eigenvalue weighted by molar-refractivity contribution is 5.85. The highest BCUT2D eigenvalue weighted by Gasteiger charge is 2.28. The summed E-state index contributed by atoms with van der Waals surface area (Å²) >= 11 is 0. The third kappa shape index (κ3) is 2.97. The monoisotopic (exact) mass is 195 g/mol. The number of carboxylic acid groups (broad SMARTS) is 1. The van der Waals surface area contributed by atoms with Gasteiger partial charge in [-0.05, 0) is 6.92 Å². The molecule has 72 valence electrons. The van der Waals surface area contributed by atoms with Crippen LogP contribution in [0.1, 0.15) is 13.3 Å². The van der Waals surface area contributed by atoms with Gasteiger partial charge in [0.25, 0.3) is 0 Å². The molecule has 4 nitrogen and oxygen atoms in total. The minimum absolute atomic E-state index is 0. The molecule has 0 unspecified atom stereocenters. The van der Waals surface area contributed by atoms with Gasteiger partial charge in [0.05, 0.1) is 6.10 Å². The number of hydrogen-bond acceptors (Lipinski definition) is 3. The van der Waals surface area contributed by atoms with Crippen LogP contribution in [0.2, 0.25) is 0 Å². The lowest BCUT2D eigenvalue weighted by atomic mass is 10.2. The highest BCUT2D eigenvalue weighted by Crippen LogP contribution is 2.09. The van der Waals surface area contributed by atoms with E-state index in [0.717, 1.165) is 0 Å². The minimum atomic E-state index is -0.785. The van der Waals surface area contributed by atoms with Crippen LogP contribution in [-0.4, -0.2) is 36.4 Å². The normalized spacial score (nSPS) is 28.1. The van der Waals surface area contributed by atoms with Crippen LogP contribution in [-0.2, 0) is 9.53 Å². The molecular weight excluding hydrogens is 182 g/mol. The summed E-state index contributed by atoms with van der Waals surface area (Å²) in [6, 6.07) is -0.411. The second-order valence-electron chi connectivity index (χ2n) is 2.61. The Kier molecular flexibility index (Phi) is 5.20. The average Bonchev–Trinajstić information content (AvgIpc) is 2.37. The van der Waals surface area contributed by atoms with E-state index in [0.29, 0.717) is 19.6 Å². The molecule has 2 N–H and O–H groups in total. The number of aliphatic carboxylic acids is 1. The SMILES string of the molecule is CCO[C@H]1CN[C@H](C(=O)O)C1.Cl. The van der Waals surface area contributed by atoms with Gasteiger partial charge in [0.15, 0.2) is 0 Å². The van der Waals surface area contributed by atoms with E-state index in [1.165, 1.54) is 0 Å². The Morgan fingerprint density at radius 1 is 1.75 bits per heavy atom. The summed E-state index contributed by atoms with van der Waals surface area (Å²) in [6.07, 6.45) is 0.671. The van der Waals surface area contributed by atoms with Gasteiger partial charge in [-0.3, -0.25) is 4.79 Å². The van der Waals surface area contributed by atoms with E-state index < -0.39 is 12.0 Å². The molecule has 0 aromatic carbocycles. The summed E-state index contributed by atoms with van der Waals surface area (Å²) in [4.78, 5) is 10.4. The first-order chi connectivity index (χ1) is 5.24. The van der Waals surface area contributed by atoms with E-state index in [2.05, 4.69) is 5.32 Å². The molecule has 0 saturated carbocycles. The van der Waals surface area contributed by atoms with Crippen LogP contribution in [0.15, 0.2) is 0 Å². The van der Waals surface area contributed by atoms with Gasteiger partial charge in [-0.15, -0.1) is 12.4 Å². The van der Waals surface area contributed by atoms with Gasteiger partial charge in [0.1, 0.15) is 6.04 Å². The first-order valence-electron chi connectivity index (χ1n) is 3.81. The Morgan fingerprint density at radius 2 is 2.42 bits per heavy atom. The van der Waals surface area contributed by atoms with E-state index in [1.54, 1.807) is 0 Å². The molecule has 12 heavy (non-hydrogen) atoms. The third-order valence-corrected chi connectivity index (χ3v) is 1.79. The van der Waals surface area contributed by atoms with Crippen LogP contribution in [0, 0.1) is 0 Å². The second-order valence-corrected chi connectivity index (χ2v) is 2.61. The molecule has 1 rings (SSSR count). The van der Waals surface area contributed by atoms with Gasteiger partial charge < -0.3 is 15.2 Å². The van der Waals surface area contributed by atoms with Crippen molar-refractivity contribution in [1.29, 1.82) is 0 Å². The van der Waals surface area contributed by atoms with Crippen LogP contribution in [0.25, 0.3) is 0 Å². The molecular formula is C7H14ClNO3. The van der Waals surface area contributed by atoms with E-state index in [4.69, 9.17) is 9.84 Å². The van der Waals surface area contributed by atoms with E-state index >= 15 is 0 Å². The van der Waals surface area contributed by atoms with Gasteiger partial charge in [-0.2, -0.15) is 0 Å². The molecule has 1 heterocycles. The summed E-state index contributed by atoms with van der Waals surface area (Å²) in [6.45, 7) is 3.22. The van der Waals surface area contributed by atoms with Crippen molar-refractivity contribution in [3.8, 4) is 0 Å². The number of carbonyl (C=O) groups is 1. The lowest BCUT2D eigenvalue weighted by Crippen LogP contribution is -2.29. The topological polar surface area (TPSA) is 58.6 Å². The first-order valence-corrected chi connectivity index (χ1v) is 3.81. The maximum absolute atomic E-state index is 10.4. The summed E-state index contributed by atoms with van der Waals surface area (Å²) in [5.41, 5.74) is 0. The molecule has 0 radical (unpaired) electrons. The maximum atomic E-state index is 10.4. The lowest BCUT2D eigenvalue weighted by molar-refractivity contribution is -0.139. The molecule has 0 bridgehead atoms. The van der Waals surface area contributed by atoms with Crippen molar-refractivity contribution in [2.24, 2.45) is 0 Å². The van der Waals surface area contributed by atoms with Crippen molar-refractivity contribution in [2.75, 3.05) is 13.2 Å². The quantitative estimate of drug-likeness (QED) is 0.679. The van der Waals surface area contributed by atoms with Crippen LogP contribution < -0.4 is 5.32 Å². The summed E-state index contributed by atoms with van der Waals surface area (Å²) in [5, 5.41) is 11.4. The zero-order valence-corrected chi connectivity index (χ0v) is 7.76. The fraction of sp³-hybridized carbons (Fsp3) is 0.857. The zero-order chi connectivity index (χ0) is 8.27. The standard InChI is InChI=1S/C7H13NO3.ClH/c1-2-11-5-3-6(7(9)10)8-4-5;/h5-6,8H,2-4H2,1H3,(H,9,10);1H/t5-,6+;/m1./s1. The molecule has 0 aliphatic carbocycles. The number of nitrogens with one attached hydrogen (secondary N) is 1. The highest BCUT2D eigenvalue weighted by atomic mass is 35.5. The summed E-state index contributed by atoms with van der Waals surface area (Å²) in [5.74, 6) is -0.785. The second kappa shape index (κ2) is 5.35. The van der Waals surface area contributed by atoms with E-state index in [1.807, 2.05) is 6.92 Å². The lowest BCUT2D eigenvalue weighted by Gasteiger charge is -2.06. The Bertz CT molecular complexity index is 154. The number of carboxylic acids is 1. The number of rotatable bonds is 3. The smallest absolute Gasteiger partial charge is 0.320 e. The van der Waals surface area contributed by atoms with Crippen molar-refractivity contribution in [1.82, 2.24) is 5.32 Å². The van der Waals surface area contributed by atoms with Crippen LogP contribution in [0.5, 0.6) is 0 Å². The number of halogens is 1. The molecule has 1 fully saturated rings.